The second-order valence-electron chi connectivity index (χ2n) is 6.80. The normalized spacial score (nSPS) is 12.2. The minimum absolute atomic E-state index is 0.0652. The molecule has 1 aromatic heterocycles. The second-order valence-corrected chi connectivity index (χ2v) is 6.80. The number of H-pyrrole nitrogens is 1. The number of aryl methyl sites for hydroxylation is 1. The van der Waals surface area contributed by atoms with Crippen molar-refractivity contribution in [3.8, 4) is 0 Å². The smallest absolute Gasteiger partial charge is 0.254 e. The van der Waals surface area contributed by atoms with Crippen molar-refractivity contribution in [3.05, 3.63) is 71.2 Å². The van der Waals surface area contributed by atoms with Gasteiger partial charge >= 0.3 is 0 Å². The summed E-state index contributed by atoms with van der Waals surface area (Å²) in [6.45, 7) is 5.46. The third-order valence-electron chi connectivity index (χ3n) is 4.28. The number of carbonyl (C=O) groups is 2. The van der Waals surface area contributed by atoms with Crippen LogP contribution in [0.15, 0.2) is 48.5 Å². The predicted octanol–water partition coefficient (Wildman–Crippen LogP) is 3.61. The molecule has 6 heteroatoms. The highest BCUT2D eigenvalue weighted by Gasteiger charge is 2.26. The van der Waals surface area contributed by atoms with Crippen molar-refractivity contribution in [2.45, 2.75) is 32.9 Å². The van der Waals surface area contributed by atoms with E-state index in [0.29, 0.717) is 27.7 Å². The zero-order valence-corrected chi connectivity index (χ0v) is 15.5. The van der Waals surface area contributed by atoms with Crippen molar-refractivity contribution in [2.24, 2.45) is 0 Å². The van der Waals surface area contributed by atoms with Gasteiger partial charge in [-0.3, -0.25) is 9.59 Å². The Hall–Kier alpha value is -3.15. The molecule has 1 heterocycles. The molecule has 3 N–H and O–H groups in total. The second kappa shape index (κ2) is 7.61. The van der Waals surface area contributed by atoms with Crippen LogP contribution < -0.4 is 10.6 Å². The Kier molecular flexibility index (Phi) is 5.26. The lowest BCUT2D eigenvalue weighted by atomic mass is 10.0. The lowest BCUT2D eigenvalue weighted by Gasteiger charge is -2.20. The molecule has 1 atom stereocenters. The number of fused-ring (bicyclic) bond motifs is 1. The Bertz CT molecular complexity index is 980. The number of hydrogen-bond donors (Lipinski definition) is 3. The number of rotatable bonds is 5. The topological polar surface area (TPSA) is 74.0 Å². The molecule has 2 aromatic carbocycles. The van der Waals surface area contributed by atoms with Crippen LogP contribution in [0.3, 0.4) is 0 Å². The van der Waals surface area contributed by atoms with Crippen molar-refractivity contribution >= 4 is 22.7 Å². The molecule has 2 amide bonds. The fraction of sp³-hybridized carbons (Fsp3) is 0.238. The third-order valence-corrected chi connectivity index (χ3v) is 4.28. The van der Waals surface area contributed by atoms with Crippen molar-refractivity contribution < 1.29 is 14.0 Å². The Morgan fingerprint density at radius 2 is 1.74 bits per heavy atom. The number of aromatic nitrogens is 1. The minimum Gasteiger partial charge on any atom is -0.358 e. The Balaban J connectivity index is 1.97. The first-order valence-corrected chi connectivity index (χ1v) is 8.81. The van der Waals surface area contributed by atoms with E-state index in [2.05, 4.69) is 15.6 Å². The summed E-state index contributed by atoms with van der Waals surface area (Å²) in [7, 11) is 0. The van der Waals surface area contributed by atoms with Gasteiger partial charge in [-0.1, -0.05) is 30.3 Å². The van der Waals surface area contributed by atoms with E-state index in [-0.39, 0.29) is 11.9 Å². The molecular formula is C21H22FN3O2. The van der Waals surface area contributed by atoms with Gasteiger partial charge in [0.1, 0.15) is 11.9 Å². The van der Waals surface area contributed by atoms with E-state index in [1.54, 1.807) is 25.1 Å². The van der Waals surface area contributed by atoms with Gasteiger partial charge in [-0.15, -0.1) is 0 Å². The van der Waals surface area contributed by atoms with Gasteiger partial charge in [0.05, 0.1) is 5.56 Å². The third kappa shape index (κ3) is 4.00. The molecule has 5 nitrogen and oxygen atoms in total. The summed E-state index contributed by atoms with van der Waals surface area (Å²) in [5.74, 6) is -1.15. The van der Waals surface area contributed by atoms with Crippen LogP contribution in [-0.4, -0.2) is 22.8 Å². The minimum atomic E-state index is -0.848. The molecule has 140 valence electrons. The first-order valence-electron chi connectivity index (χ1n) is 8.81. The lowest BCUT2D eigenvalue weighted by molar-refractivity contribution is -0.123. The zero-order valence-electron chi connectivity index (χ0n) is 15.5. The Morgan fingerprint density at radius 1 is 1.04 bits per heavy atom. The first-order chi connectivity index (χ1) is 12.9. The molecular weight excluding hydrogens is 345 g/mol. The van der Waals surface area contributed by atoms with Crippen LogP contribution in [0, 0.1) is 12.7 Å². The summed E-state index contributed by atoms with van der Waals surface area (Å²) in [5, 5.41) is 6.12. The molecule has 0 spiro atoms. The van der Waals surface area contributed by atoms with Crippen molar-refractivity contribution in [2.75, 3.05) is 0 Å². The molecule has 1 unspecified atom stereocenters. The summed E-state index contributed by atoms with van der Waals surface area (Å²) < 4.78 is 13.7. The SMILES string of the molecule is Cc1[nH]c2ccc(F)cc2c1C(=O)NC(C(=O)NC(C)C)c1ccccc1. The molecule has 0 fully saturated rings. The molecule has 3 rings (SSSR count). The monoisotopic (exact) mass is 367 g/mol. The fourth-order valence-corrected chi connectivity index (χ4v) is 3.11. The van der Waals surface area contributed by atoms with Crippen LogP contribution in [0.4, 0.5) is 4.39 Å². The molecule has 27 heavy (non-hydrogen) atoms. The van der Waals surface area contributed by atoms with E-state index in [1.807, 2.05) is 32.0 Å². The number of halogens is 1. The predicted molar refractivity (Wildman–Crippen MR) is 103 cm³/mol. The molecule has 0 saturated heterocycles. The highest BCUT2D eigenvalue weighted by molar-refractivity contribution is 6.09. The number of hydrogen-bond acceptors (Lipinski definition) is 2. The first kappa shape index (κ1) is 18.6. The largest absolute Gasteiger partial charge is 0.358 e. The summed E-state index contributed by atoms with van der Waals surface area (Å²) in [6.07, 6.45) is 0. The standard InChI is InChI=1S/C21H22FN3O2/c1-12(2)23-21(27)19(14-7-5-4-6-8-14)25-20(26)18-13(3)24-17-10-9-15(22)11-16(17)18/h4-12,19,24H,1-3H3,(H,23,27)(H,25,26). The van der Waals surface area contributed by atoms with Gasteiger partial charge in [-0.05, 0) is 44.5 Å². The number of carbonyl (C=O) groups excluding carboxylic acids is 2. The highest BCUT2D eigenvalue weighted by Crippen LogP contribution is 2.24. The molecule has 0 saturated carbocycles. The summed E-state index contributed by atoms with van der Waals surface area (Å²) in [5.41, 5.74) is 2.29. The zero-order chi connectivity index (χ0) is 19.6. The van der Waals surface area contributed by atoms with Crippen LogP contribution >= 0.6 is 0 Å². The van der Waals surface area contributed by atoms with Crippen LogP contribution in [0.2, 0.25) is 0 Å². The van der Waals surface area contributed by atoms with Gasteiger partial charge in [-0.25, -0.2) is 4.39 Å². The van der Waals surface area contributed by atoms with Gasteiger partial charge in [0.2, 0.25) is 5.91 Å². The van der Waals surface area contributed by atoms with Gasteiger partial charge in [0, 0.05) is 22.6 Å². The van der Waals surface area contributed by atoms with Gasteiger partial charge < -0.3 is 15.6 Å². The quantitative estimate of drug-likeness (QED) is 0.644. The van der Waals surface area contributed by atoms with Gasteiger partial charge in [0.25, 0.3) is 5.91 Å². The van der Waals surface area contributed by atoms with Gasteiger partial charge in [-0.2, -0.15) is 0 Å². The Morgan fingerprint density at radius 3 is 2.41 bits per heavy atom. The maximum absolute atomic E-state index is 13.7. The number of aromatic amines is 1. The van der Waals surface area contributed by atoms with Crippen molar-refractivity contribution in [1.29, 1.82) is 0 Å². The van der Waals surface area contributed by atoms with Crippen LogP contribution in [0.5, 0.6) is 0 Å². The summed E-state index contributed by atoms with van der Waals surface area (Å²) in [6, 6.07) is 12.4. The number of nitrogens with one attached hydrogen (secondary N) is 3. The molecule has 3 aromatic rings. The summed E-state index contributed by atoms with van der Waals surface area (Å²) in [4.78, 5) is 28.7. The van der Waals surface area contributed by atoms with Crippen LogP contribution in [-0.2, 0) is 4.79 Å². The van der Waals surface area contributed by atoms with Gasteiger partial charge in [0.15, 0.2) is 0 Å². The Labute approximate surface area is 157 Å². The van der Waals surface area contributed by atoms with Crippen molar-refractivity contribution in [1.82, 2.24) is 15.6 Å². The fourth-order valence-electron chi connectivity index (χ4n) is 3.11. The van der Waals surface area contributed by atoms with E-state index >= 15 is 0 Å². The molecule has 0 aliphatic heterocycles. The van der Waals surface area contributed by atoms with E-state index in [1.165, 1.54) is 12.1 Å². The average molecular weight is 367 g/mol. The van der Waals surface area contributed by atoms with E-state index in [4.69, 9.17) is 0 Å². The van der Waals surface area contributed by atoms with Crippen LogP contribution in [0.25, 0.3) is 10.9 Å². The summed E-state index contributed by atoms with van der Waals surface area (Å²) >= 11 is 0. The molecule has 0 bridgehead atoms. The maximum Gasteiger partial charge on any atom is 0.254 e. The average Bonchev–Trinajstić information content (AvgIpc) is 2.94. The molecule has 0 aliphatic rings. The molecule has 0 aliphatic carbocycles. The number of benzene rings is 2. The van der Waals surface area contributed by atoms with Crippen molar-refractivity contribution in [3.63, 3.8) is 0 Å². The number of amides is 2. The molecule has 0 radical (unpaired) electrons. The van der Waals surface area contributed by atoms with E-state index in [0.717, 1.165) is 0 Å². The lowest BCUT2D eigenvalue weighted by Crippen LogP contribution is -2.42. The van der Waals surface area contributed by atoms with Crippen LogP contribution in [0.1, 0.15) is 41.5 Å². The highest BCUT2D eigenvalue weighted by atomic mass is 19.1. The van der Waals surface area contributed by atoms with E-state index in [9.17, 15) is 14.0 Å². The van der Waals surface area contributed by atoms with E-state index < -0.39 is 17.8 Å². The maximum atomic E-state index is 13.7.